The fourth-order valence-electron chi connectivity index (χ4n) is 4.95. The molecule has 0 saturated carbocycles. The van der Waals surface area contributed by atoms with Gasteiger partial charge in [0.2, 0.25) is 0 Å². The molecular weight excluding hydrogens is 504 g/mol. The van der Waals surface area contributed by atoms with Crippen LogP contribution in [0.4, 0.5) is 10.6 Å². The second-order valence-corrected chi connectivity index (χ2v) is 9.84. The van der Waals surface area contributed by atoms with E-state index in [1.165, 1.54) is 0 Å². The smallest absolute Gasteiger partial charge is 0.320 e. The minimum absolute atomic E-state index is 0.0594. The van der Waals surface area contributed by atoms with Crippen LogP contribution in [0.15, 0.2) is 61.1 Å². The molecule has 0 unspecified atom stereocenters. The van der Waals surface area contributed by atoms with Crippen LogP contribution in [0.5, 0.6) is 0 Å². The van der Waals surface area contributed by atoms with Gasteiger partial charge in [0.15, 0.2) is 0 Å². The summed E-state index contributed by atoms with van der Waals surface area (Å²) in [5, 5.41) is 15.9. The lowest BCUT2D eigenvalue weighted by atomic mass is 9.95. The van der Waals surface area contributed by atoms with Crippen LogP contribution in [-0.4, -0.2) is 74.9 Å². The quantitative estimate of drug-likeness (QED) is 0.333. The van der Waals surface area contributed by atoms with Gasteiger partial charge in [0, 0.05) is 63.2 Å². The molecule has 1 saturated heterocycles. The first-order chi connectivity index (χ1) is 18.4. The van der Waals surface area contributed by atoms with Crippen molar-refractivity contribution in [1.82, 2.24) is 34.8 Å². The molecule has 2 amide bonds. The molecule has 5 rings (SSSR count). The van der Waals surface area contributed by atoms with Crippen molar-refractivity contribution in [2.24, 2.45) is 7.05 Å². The number of ether oxygens (including phenoxy) is 1. The summed E-state index contributed by atoms with van der Waals surface area (Å²) < 4.78 is 8.77. The van der Waals surface area contributed by atoms with E-state index in [0.29, 0.717) is 24.1 Å². The average Bonchev–Trinajstić information content (AvgIpc) is 3.61. The normalized spacial score (nSPS) is 17.6. The molecule has 1 fully saturated rings. The number of likely N-dealkylation sites (tertiary alicyclic amines) is 1. The largest absolute Gasteiger partial charge is 0.383 e. The number of nitrogens with zero attached hydrogens (tertiary/aromatic N) is 6. The number of urea groups is 1. The molecule has 38 heavy (non-hydrogen) atoms. The summed E-state index contributed by atoms with van der Waals surface area (Å²) in [7, 11) is 3.56. The van der Waals surface area contributed by atoms with E-state index in [4.69, 9.17) is 21.4 Å². The van der Waals surface area contributed by atoms with Gasteiger partial charge in [0.1, 0.15) is 16.7 Å². The Balaban J connectivity index is 1.41. The molecule has 198 valence electrons. The Morgan fingerprint density at radius 2 is 2.03 bits per heavy atom. The predicted octanol–water partition coefficient (Wildman–Crippen LogP) is 3.87. The van der Waals surface area contributed by atoms with Crippen LogP contribution in [0.25, 0.3) is 16.9 Å². The number of para-hydroxylation sites is 1. The zero-order chi connectivity index (χ0) is 26.6. The van der Waals surface area contributed by atoms with Crippen molar-refractivity contribution in [3.8, 4) is 16.9 Å². The maximum Gasteiger partial charge on any atom is 0.320 e. The lowest BCUT2D eigenvalue weighted by Gasteiger charge is -2.21. The second kappa shape index (κ2) is 11.3. The number of amides is 2. The molecule has 1 aliphatic rings. The Hall–Kier alpha value is -3.73. The molecule has 2 atom stereocenters. The number of aryl methyl sites for hydroxylation is 1. The SMILES string of the molecule is COCCN1C[C@@H](NC(=O)Nc2c(C)c(-c3cnn(C)c3)nn2-c2ccccc2)[C@H](c2ccnc(Cl)c2)C1. The van der Waals surface area contributed by atoms with E-state index in [-0.39, 0.29) is 18.0 Å². The molecule has 0 bridgehead atoms. The maximum absolute atomic E-state index is 13.5. The van der Waals surface area contributed by atoms with E-state index in [9.17, 15) is 4.79 Å². The lowest BCUT2D eigenvalue weighted by molar-refractivity contribution is 0.159. The molecule has 4 heterocycles. The number of carbonyl (C=O) groups excluding carboxylic acids is 1. The summed E-state index contributed by atoms with van der Waals surface area (Å²) in [4.78, 5) is 19.9. The summed E-state index contributed by atoms with van der Waals surface area (Å²) in [6, 6.07) is 13.1. The van der Waals surface area contributed by atoms with Gasteiger partial charge in [-0.15, -0.1) is 0 Å². The summed E-state index contributed by atoms with van der Waals surface area (Å²) in [6.07, 6.45) is 5.38. The Kier molecular flexibility index (Phi) is 7.73. The van der Waals surface area contributed by atoms with Gasteiger partial charge in [-0.05, 0) is 36.8 Å². The van der Waals surface area contributed by atoms with Gasteiger partial charge in [-0.2, -0.15) is 10.2 Å². The summed E-state index contributed by atoms with van der Waals surface area (Å²) in [6.45, 7) is 4.82. The van der Waals surface area contributed by atoms with Crippen molar-refractivity contribution in [2.45, 2.75) is 18.9 Å². The molecule has 4 aromatic rings. The number of benzene rings is 1. The first kappa shape index (κ1) is 25.9. The zero-order valence-electron chi connectivity index (χ0n) is 21.6. The lowest BCUT2D eigenvalue weighted by Crippen LogP contribution is -2.42. The van der Waals surface area contributed by atoms with Crippen molar-refractivity contribution >= 4 is 23.4 Å². The van der Waals surface area contributed by atoms with Crippen molar-refractivity contribution in [3.63, 3.8) is 0 Å². The molecule has 2 N–H and O–H groups in total. The molecule has 1 aliphatic heterocycles. The summed E-state index contributed by atoms with van der Waals surface area (Å²) in [5.74, 6) is 0.662. The maximum atomic E-state index is 13.5. The fraction of sp³-hybridized carbons (Fsp3) is 0.333. The van der Waals surface area contributed by atoms with Gasteiger partial charge < -0.3 is 10.1 Å². The highest BCUT2D eigenvalue weighted by Crippen LogP contribution is 2.31. The molecule has 0 spiro atoms. The molecular formula is C27H31ClN8O2. The molecule has 10 nitrogen and oxygen atoms in total. The van der Waals surface area contributed by atoms with Gasteiger partial charge in [-0.1, -0.05) is 29.8 Å². The zero-order valence-corrected chi connectivity index (χ0v) is 22.4. The van der Waals surface area contributed by atoms with E-state index >= 15 is 0 Å². The number of nitrogens with one attached hydrogen (secondary N) is 2. The monoisotopic (exact) mass is 534 g/mol. The van der Waals surface area contributed by atoms with Gasteiger partial charge in [0.05, 0.1) is 24.5 Å². The molecule has 3 aromatic heterocycles. The number of pyridine rings is 1. The average molecular weight is 535 g/mol. The van der Waals surface area contributed by atoms with Crippen LogP contribution in [-0.2, 0) is 11.8 Å². The van der Waals surface area contributed by atoms with E-state index in [0.717, 1.165) is 41.2 Å². The number of hydrogen-bond donors (Lipinski definition) is 2. The van der Waals surface area contributed by atoms with Gasteiger partial charge >= 0.3 is 6.03 Å². The molecule has 0 radical (unpaired) electrons. The Bertz CT molecular complexity index is 1400. The minimum Gasteiger partial charge on any atom is -0.383 e. The van der Waals surface area contributed by atoms with Crippen LogP contribution in [0.3, 0.4) is 0 Å². The topological polar surface area (TPSA) is 102 Å². The van der Waals surface area contributed by atoms with Crippen LogP contribution in [0, 0.1) is 6.92 Å². The predicted molar refractivity (Wildman–Crippen MR) is 147 cm³/mol. The summed E-state index contributed by atoms with van der Waals surface area (Å²) in [5.41, 5.74) is 4.37. The number of aromatic nitrogens is 5. The minimum atomic E-state index is -0.299. The molecule has 0 aliphatic carbocycles. The number of methoxy groups -OCH3 is 1. The van der Waals surface area contributed by atoms with Gasteiger partial charge in [-0.25, -0.2) is 14.5 Å². The van der Waals surface area contributed by atoms with Crippen LogP contribution in [0.2, 0.25) is 5.15 Å². The third-order valence-corrected chi connectivity index (χ3v) is 7.04. The number of halogens is 1. The van der Waals surface area contributed by atoms with Crippen LogP contribution >= 0.6 is 11.6 Å². The highest BCUT2D eigenvalue weighted by Gasteiger charge is 2.35. The van der Waals surface area contributed by atoms with Gasteiger partial charge in [-0.3, -0.25) is 14.9 Å². The van der Waals surface area contributed by atoms with E-state index in [2.05, 4.69) is 25.6 Å². The van der Waals surface area contributed by atoms with Crippen molar-refractivity contribution in [3.05, 3.63) is 77.3 Å². The molecule has 1 aromatic carbocycles. The van der Waals surface area contributed by atoms with Crippen molar-refractivity contribution in [2.75, 3.05) is 38.7 Å². The number of carbonyl (C=O) groups is 1. The third-order valence-electron chi connectivity index (χ3n) is 6.84. The van der Waals surface area contributed by atoms with Crippen LogP contribution < -0.4 is 10.6 Å². The fourth-order valence-corrected chi connectivity index (χ4v) is 5.13. The first-order valence-corrected chi connectivity index (χ1v) is 12.8. The molecule has 11 heteroatoms. The Morgan fingerprint density at radius 3 is 2.74 bits per heavy atom. The van der Waals surface area contributed by atoms with Gasteiger partial charge in [0.25, 0.3) is 0 Å². The Morgan fingerprint density at radius 1 is 1.21 bits per heavy atom. The number of rotatable bonds is 8. The van der Waals surface area contributed by atoms with Crippen molar-refractivity contribution in [1.29, 1.82) is 0 Å². The van der Waals surface area contributed by atoms with Crippen LogP contribution in [0.1, 0.15) is 17.0 Å². The number of hydrogen-bond acceptors (Lipinski definition) is 6. The first-order valence-electron chi connectivity index (χ1n) is 12.5. The number of anilines is 1. The highest BCUT2D eigenvalue weighted by atomic mass is 35.5. The van der Waals surface area contributed by atoms with E-state index in [1.807, 2.05) is 62.6 Å². The third kappa shape index (κ3) is 5.57. The van der Waals surface area contributed by atoms with Crippen molar-refractivity contribution < 1.29 is 9.53 Å². The second-order valence-electron chi connectivity index (χ2n) is 9.45. The van der Waals surface area contributed by atoms with E-state index < -0.39 is 0 Å². The summed E-state index contributed by atoms with van der Waals surface area (Å²) >= 11 is 6.19. The van der Waals surface area contributed by atoms with E-state index in [1.54, 1.807) is 28.9 Å². The highest BCUT2D eigenvalue weighted by molar-refractivity contribution is 6.29. The Labute approximate surface area is 226 Å². The standard InChI is InChI=1S/C27H31ClN8O2/c1-18-25(20-14-30-34(2)15-20)33-36(21-7-5-4-6-8-21)26(18)32-27(37)31-23-17-35(11-12-38-3)16-22(23)19-9-10-29-24(28)13-19/h4-10,13-15,22-23H,11-12,16-17H2,1-3H3,(H2,31,32,37)/t22-,23+/m0/s1.